The molecule has 1 saturated heterocycles. The zero-order valence-electron chi connectivity index (χ0n) is 11.6. The van der Waals surface area contributed by atoms with Crippen LogP contribution in [0.15, 0.2) is 43.0 Å². The molecule has 3 heterocycles. The molecule has 3 aromatic rings. The highest BCUT2D eigenvalue weighted by Crippen LogP contribution is 2.60. The first-order chi connectivity index (χ1) is 11.1. The van der Waals surface area contributed by atoms with Gasteiger partial charge in [0.15, 0.2) is 0 Å². The van der Waals surface area contributed by atoms with Crippen molar-refractivity contribution in [2.24, 2.45) is 0 Å². The van der Waals surface area contributed by atoms with Crippen LogP contribution in [0.1, 0.15) is 17.2 Å². The second kappa shape index (κ2) is 5.56. The van der Waals surface area contributed by atoms with E-state index in [4.69, 9.17) is 27.9 Å². The molecule has 2 atom stereocenters. The number of halogens is 3. The number of hydrogen-bond acceptors (Lipinski definition) is 4. The molecule has 0 radical (unpaired) electrons. The van der Waals surface area contributed by atoms with E-state index in [0.29, 0.717) is 15.2 Å². The van der Waals surface area contributed by atoms with E-state index in [-0.39, 0.29) is 11.9 Å². The van der Waals surface area contributed by atoms with Crippen LogP contribution in [0.2, 0.25) is 8.67 Å². The minimum absolute atomic E-state index is 0.256. The van der Waals surface area contributed by atoms with Gasteiger partial charge in [-0.3, -0.25) is 0 Å². The Balaban J connectivity index is 1.74. The van der Waals surface area contributed by atoms with Gasteiger partial charge in [0, 0.05) is 5.56 Å². The molecule has 4 nitrogen and oxygen atoms in total. The van der Waals surface area contributed by atoms with Gasteiger partial charge in [-0.05, 0) is 23.8 Å². The topological polar surface area (TPSA) is 43.2 Å². The van der Waals surface area contributed by atoms with Gasteiger partial charge in [0.25, 0.3) is 0 Å². The van der Waals surface area contributed by atoms with E-state index in [9.17, 15) is 4.39 Å². The molecule has 0 spiro atoms. The van der Waals surface area contributed by atoms with Gasteiger partial charge in [0.1, 0.15) is 34.5 Å². The minimum Gasteiger partial charge on any atom is -0.354 e. The standard InChI is InChI=1S/C15H10Cl2FN3OS/c16-12-5-11(14(17)23-12)13-15(22-13,6-21-8-19-7-20-21)9-1-3-10(18)4-2-9/h1-5,7-8,13H,6H2/t13-,15-/m1/s1. The molecular formula is C15H10Cl2FN3OS. The van der Waals surface area contributed by atoms with E-state index in [1.54, 1.807) is 23.1 Å². The van der Waals surface area contributed by atoms with Gasteiger partial charge in [-0.15, -0.1) is 11.3 Å². The third-order valence-electron chi connectivity index (χ3n) is 3.86. The Morgan fingerprint density at radius 1 is 1.30 bits per heavy atom. The van der Waals surface area contributed by atoms with Crippen molar-refractivity contribution < 1.29 is 9.13 Å². The summed E-state index contributed by atoms with van der Waals surface area (Å²) in [5.41, 5.74) is 1.04. The average molecular weight is 370 g/mol. The monoisotopic (exact) mass is 369 g/mol. The SMILES string of the molecule is Fc1ccc([C@@]2(Cn3cncn3)O[C@@H]2c2cc(Cl)sc2Cl)cc1. The van der Waals surface area contributed by atoms with Crippen molar-refractivity contribution in [2.75, 3.05) is 0 Å². The number of rotatable bonds is 4. The predicted molar refractivity (Wildman–Crippen MR) is 86.3 cm³/mol. The van der Waals surface area contributed by atoms with E-state index < -0.39 is 5.60 Å². The number of nitrogens with zero attached hydrogens (tertiary/aromatic N) is 3. The molecule has 4 rings (SSSR count). The lowest BCUT2D eigenvalue weighted by molar-refractivity contribution is 0.262. The molecular weight excluding hydrogens is 360 g/mol. The Bertz CT molecular complexity index is 837. The van der Waals surface area contributed by atoms with Gasteiger partial charge in [-0.25, -0.2) is 14.1 Å². The third kappa shape index (κ3) is 2.65. The highest BCUT2D eigenvalue weighted by atomic mass is 35.5. The quantitative estimate of drug-likeness (QED) is 0.638. The van der Waals surface area contributed by atoms with Gasteiger partial charge in [0.05, 0.1) is 10.9 Å². The van der Waals surface area contributed by atoms with Crippen LogP contribution >= 0.6 is 34.5 Å². The lowest BCUT2D eigenvalue weighted by Crippen LogP contribution is -2.19. The molecule has 0 saturated carbocycles. The van der Waals surface area contributed by atoms with Gasteiger partial charge < -0.3 is 4.74 Å². The molecule has 1 fully saturated rings. The fraction of sp³-hybridized carbons (Fsp3) is 0.200. The predicted octanol–water partition coefficient (Wildman–Crippen LogP) is 4.45. The maximum Gasteiger partial charge on any atom is 0.144 e. The number of hydrogen-bond donors (Lipinski definition) is 0. The molecule has 0 amide bonds. The van der Waals surface area contributed by atoms with Crippen molar-refractivity contribution in [3.63, 3.8) is 0 Å². The lowest BCUT2D eigenvalue weighted by Gasteiger charge is -2.13. The zero-order chi connectivity index (χ0) is 16.0. The normalized spacial score (nSPS) is 23.2. The maximum absolute atomic E-state index is 13.3. The summed E-state index contributed by atoms with van der Waals surface area (Å²) in [7, 11) is 0. The molecule has 0 aliphatic carbocycles. The number of aromatic nitrogens is 3. The lowest BCUT2D eigenvalue weighted by atomic mass is 9.92. The number of epoxide rings is 1. The van der Waals surface area contributed by atoms with E-state index in [0.717, 1.165) is 11.1 Å². The van der Waals surface area contributed by atoms with Crippen molar-refractivity contribution in [1.82, 2.24) is 14.8 Å². The van der Waals surface area contributed by atoms with E-state index in [2.05, 4.69) is 10.1 Å². The Morgan fingerprint density at radius 3 is 2.70 bits per heavy atom. The first-order valence-corrected chi connectivity index (χ1v) is 8.37. The average Bonchev–Trinajstić information content (AvgIpc) is 2.84. The van der Waals surface area contributed by atoms with Crippen LogP contribution in [0.3, 0.4) is 0 Å². The summed E-state index contributed by atoms with van der Waals surface area (Å²) in [5, 5.41) is 4.14. The van der Waals surface area contributed by atoms with E-state index in [1.807, 2.05) is 6.07 Å². The summed E-state index contributed by atoms with van der Waals surface area (Å²) in [4.78, 5) is 3.95. The fourth-order valence-corrected chi connectivity index (χ4v) is 4.25. The molecule has 1 aliphatic heterocycles. The molecule has 23 heavy (non-hydrogen) atoms. The third-order valence-corrected chi connectivity index (χ3v) is 5.37. The molecule has 1 aromatic carbocycles. The highest BCUT2D eigenvalue weighted by Gasteiger charge is 2.60. The van der Waals surface area contributed by atoms with Gasteiger partial charge in [-0.2, -0.15) is 5.10 Å². The molecule has 0 unspecified atom stereocenters. The molecule has 2 aromatic heterocycles. The summed E-state index contributed by atoms with van der Waals surface area (Å²) in [6.45, 7) is 0.451. The second-order valence-electron chi connectivity index (χ2n) is 5.27. The van der Waals surface area contributed by atoms with Crippen molar-refractivity contribution in [3.05, 3.63) is 68.6 Å². The van der Waals surface area contributed by atoms with Crippen LogP contribution in [-0.2, 0) is 16.9 Å². The van der Waals surface area contributed by atoms with Crippen molar-refractivity contribution in [1.29, 1.82) is 0 Å². The fourth-order valence-electron chi connectivity index (χ4n) is 2.74. The first-order valence-electron chi connectivity index (χ1n) is 6.79. The Labute approximate surface area is 145 Å². The van der Waals surface area contributed by atoms with Crippen molar-refractivity contribution in [2.45, 2.75) is 18.2 Å². The smallest absolute Gasteiger partial charge is 0.144 e. The highest BCUT2D eigenvalue weighted by molar-refractivity contribution is 7.20. The zero-order valence-corrected chi connectivity index (χ0v) is 13.9. The van der Waals surface area contributed by atoms with E-state index >= 15 is 0 Å². The molecule has 118 valence electrons. The summed E-state index contributed by atoms with van der Waals surface area (Å²) < 4.78 is 22.2. The summed E-state index contributed by atoms with van der Waals surface area (Å²) in [6.07, 6.45) is 2.82. The molecule has 1 aliphatic rings. The minimum atomic E-state index is -0.657. The maximum atomic E-state index is 13.3. The van der Waals surface area contributed by atoms with Crippen molar-refractivity contribution in [3.8, 4) is 0 Å². The van der Waals surface area contributed by atoms with Gasteiger partial charge in [-0.1, -0.05) is 35.3 Å². The van der Waals surface area contributed by atoms with Crippen LogP contribution in [0.4, 0.5) is 4.39 Å². The van der Waals surface area contributed by atoms with Gasteiger partial charge in [0.2, 0.25) is 0 Å². The van der Waals surface area contributed by atoms with Gasteiger partial charge >= 0.3 is 0 Å². The summed E-state index contributed by atoms with van der Waals surface area (Å²) >= 11 is 13.6. The summed E-state index contributed by atoms with van der Waals surface area (Å²) in [5.74, 6) is -0.293. The number of ether oxygens (including phenoxy) is 1. The Morgan fingerprint density at radius 2 is 2.09 bits per heavy atom. The van der Waals surface area contributed by atoms with Crippen LogP contribution in [0.5, 0.6) is 0 Å². The van der Waals surface area contributed by atoms with Crippen LogP contribution in [0, 0.1) is 5.82 Å². The van der Waals surface area contributed by atoms with Crippen LogP contribution in [-0.4, -0.2) is 14.8 Å². The molecule has 0 bridgehead atoms. The largest absolute Gasteiger partial charge is 0.354 e. The Kier molecular flexibility index (Phi) is 3.65. The van der Waals surface area contributed by atoms with Crippen molar-refractivity contribution >= 4 is 34.5 Å². The Hall–Kier alpha value is -1.47. The summed E-state index contributed by atoms with van der Waals surface area (Å²) in [6, 6.07) is 8.08. The van der Waals surface area contributed by atoms with Crippen LogP contribution < -0.4 is 0 Å². The second-order valence-corrected chi connectivity index (χ2v) is 7.55. The first kappa shape index (κ1) is 15.1. The molecule has 0 N–H and O–H groups in total. The number of benzene rings is 1. The van der Waals surface area contributed by atoms with E-state index in [1.165, 1.54) is 29.8 Å². The number of thiophene rings is 1. The van der Waals surface area contributed by atoms with Crippen LogP contribution in [0.25, 0.3) is 0 Å². The molecule has 8 heteroatoms.